The molecule has 0 saturated heterocycles. The van der Waals surface area contributed by atoms with E-state index in [1.807, 2.05) is 12.1 Å². The summed E-state index contributed by atoms with van der Waals surface area (Å²) in [5.41, 5.74) is 1.21. The zero-order chi connectivity index (χ0) is 14.8. The van der Waals surface area contributed by atoms with Crippen LogP contribution in [0.25, 0.3) is 0 Å². The Morgan fingerprint density at radius 1 is 1.19 bits per heavy atom. The highest BCUT2D eigenvalue weighted by Gasteiger charge is 1.99. The van der Waals surface area contributed by atoms with Crippen LogP contribution in [0.1, 0.15) is 32.8 Å². The van der Waals surface area contributed by atoms with E-state index in [1.54, 1.807) is 7.05 Å². The lowest BCUT2D eigenvalue weighted by Crippen LogP contribution is -2.37. The predicted octanol–water partition coefficient (Wildman–Crippen LogP) is 3.41. The molecule has 0 radical (unpaired) electrons. The van der Waals surface area contributed by atoms with Gasteiger partial charge in [0.15, 0.2) is 5.96 Å². The molecule has 0 bridgehead atoms. The number of aliphatic imine (C=N–C) groups is 1. The molecule has 0 aliphatic heterocycles. The Kier molecular flexibility index (Phi) is 11.1. The van der Waals surface area contributed by atoms with Crippen LogP contribution in [0, 0.1) is 5.92 Å². The fourth-order valence-electron chi connectivity index (χ4n) is 1.62. The first-order chi connectivity index (χ1) is 9.65. The molecule has 0 spiro atoms. The number of halogens is 1. The van der Waals surface area contributed by atoms with Gasteiger partial charge in [-0.2, -0.15) is 0 Å². The van der Waals surface area contributed by atoms with Gasteiger partial charge in [-0.25, -0.2) is 0 Å². The number of nitrogens with zero attached hydrogens (tertiary/aromatic N) is 1. The Balaban J connectivity index is 0.00000400. The van der Waals surface area contributed by atoms with Crippen molar-refractivity contribution < 1.29 is 4.74 Å². The van der Waals surface area contributed by atoms with Crippen LogP contribution in [-0.4, -0.2) is 26.2 Å². The van der Waals surface area contributed by atoms with Crippen molar-refractivity contribution in [2.24, 2.45) is 10.9 Å². The highest BCUT2D eigenvalue weighted by atomic mass is 127. The minimum absolute atomic E-state index is 0. The number of hydrogen-bond acceptors (Lipinski definition) is 2. The molecule has 21 heavy (non-hydrogen) atoms. The molecule has 0 amide bonds. The van der Waals surface area contributed by atoms with Gasteiger partial charge >= 0.3 is 0 Å². The van der Waals surface area contributed by atoms with Gasteiger partial charge in [0.25, 0.3) is 0 Å². The molecule has 1 aromatic carbocycles. The van der Waals surface area contributed by atoms with Crippen molar-refractivity contribution in [3.8, 4) is 5.75 Å². The normalized spacial score (nSPS) is 11.0. The summed E-state index contributed by atoms with van der Waals surface area (Å²) in [5, 5.41) is 6.54. The maximum absolute atomic E-state index is 5.67. The lowest BCUT2D eigenvalue weighted by molar-refractivity contribution is 0.271. The molecule has 0 aromatic heterocycles. The number of nitrogens with one attached hydrogen (secondary N) is 2. The van der Waals surface area contributed by atoms with Crippen molar-refractivity contribution in [3.63, 3.8) is 0 Å². The van der Waals surface area contributed by atoms with Crippen LogP contribution in [0.4, 0.5) is 0 Å². The Bertz CT molecular complexity index is 404. The predicted molar refractivity (Wildman–Crippen MR) is 101 cm³/mol. The molecule has 0 aliphatic carbocycles. The smallest absolute Gasteiger partial charge is 0.191 e. The summed E-state index contributed by atoms with van der Waals surface area (Å²) in [7, 11) is 1.79. The fraction of sp³-hybridized carbons (Fsp3) is 0.562. The summed E-state index contributed by atoms with van der Waals surface area (Å²) in [6.07, 6.45) is 1.09. The van der Waals surface area contributed by atoms with E-state index in [1.165, 1.54) is 5.56 Å². The van der Waals surface area contributed by atoms with Gasteiger partial charge in [-0.1, -0.05) is 32.9 Å². The highest BCUT2D eigenvalue weighted by Crippen LogP contribution is 2.13. The number of guanidine groups is 1. The molecule has 0 saturated carbocycles. The van der Waals surface area contributed by atoms with Crippen molar-refractivity contribution in [1.82, 2.24) is 10.6 Å². The quantitative estimate of drug-likeness (QED) is 0.415. The molecule has 0 unspecified atom stereocenters. The summed E-state index contributed by atoms with van der Waals surface area (Å²) in [6.45, 7) is 8.87. The molecule has 0 fully saturated rings. The second-order valence-corrected chi connectivity index (χ2v) is 5.20. The molecule has 4 nitrogen and oxygen atoms in total. The molecule has 0 atom stereocenters. The largest absolute Gasteiger partial charge is 0.493 e. The Labute approximate surface area is 145 Å². The number of benzene rings is 1. The topological polar surface area (TPSA) is 45.7 Å². The van der Waals surface area contributed by atoms with E-state index < -0.39 is 0 Å². The third-order valence-corrected chi connectivity index (χ3v) is 2.73. The summed E-state index contributed by atoms with van der Waals surface area (Å²) >= 11 is 0. The van der Waals surface area contributed by atoms with Gasteiger partial charge in [0.05, 0.1) is 6.61 Å². The zero-order valence-electron chi connectivity index (χ0n) is 13.5. The third kappa shape index (κ3) is 8.80. The summed E-state index contributed by atoms with van der Waals surface area (Å²) in [5.74, 6) is 2.31. The minimum Gasteiger partial charge on any atom is -0.493 e. The summed E-state index contributed by atoms with van der Waals surface area (Å²) in [4.78, 5) is 4.18. The third-order valence-electron chi connectivity index (χ3n) is 2.73. The van der Waals surface area contributed by atoms with Crippen LogP contribution in [-0.2, 0) is 6.54 Å². The van der Waals surface area contributed by atoms with Crippen LogP contribution in [0.2, 0.25) is 0 Å². The molecule has 0 heterocycles. The summed E-state index contributed by atoms with van der Waals surface area (Å²) < 4.78 is 5.67. The Morgan fingerprint density at radius 3 is 2.38 bits per heavy atom. The monoisotopic (exact) mass is 405 g/mol. The average molecular weight is 405 g/mol. The van der Waals surface area contributed by atoms with E-state index in [0.717, 1.165) is 37.8 Å². The fourth-order valence-corrected chi connectivity index (χ4v) is 1.62. The first kappa shape index (κ1) is 20.0. The van der Waals surface area contributed by atoms with Crippen molar-refractivity contribution >= 4 is 29.9 Å². The first-order valence-electron chi connectivity index (χ1n) is 7.32. The van der Waals surface area contributed by atoms with Crippen molar-refractivity contribution in [3.05, 3.63) is 29.8 Å². The van der Waals surface area contributed by atoms with Gasteiger partial charge < -0.3 is 15.4 Å². The van der Waals surface area contributed by atoms with Crippen molar-refractivity contribution in [2.45, 2.75) is 33.7 Å². The van der Waals surface area contributed by atoms with E-state index >= 15 is 0 Å². The SMILES string of the molecule is CCCNC(=NC)NCc1ccc(OCC(C)C)cc1.I. The Hall–Kier alpha value is -0.980. The molecule has 1 aromatic rings. The minimum atomic E-state index is 0. The molecule has 0 aliphatic rings. The van der Waals surface area contributed by atoms with Crippen molar-refractivity contribution in [2.75, 3.05) is 20.2 Å². The van der Waals surface area contributed by atoms with Crippen molar-refractivity contribution in [1.29, 1.82) is 0 Å². The second-order valence-electron chi connectivity index (χ2n) is 5.20. The van der Waals surface area contributed by atoms with Crippen LogP contribution in [0.15, 0.2) is 29.3 Å². The zero-order valence-corrected chi connectivity index (χ0v) is 15.8. The molecular weight excluding hydrogens is 377 g/mol. The second kappa shape index (κ2) is 11.7. The lowest BCUT2D eigenvalue weighted by Gasteiger charge is -2.12. The first-order valence-corrected chi connectivity index (χ1v) is 7.32. The van der Waals surface area contributed by atoms with Gasteiger partial charge in [0.1, 0.15) is 5.75 Å². The highest BCUT2D eigenvalue weighted by molar-refractivity contribution is 14.0. The number of hydrogen-bond donors (Lipinski definition) is 2. The molecule has 120 valence electrons. The van der Waals surface area contributed by atoms with E-state index in [-0.39, 0.29) is 24.0 Å². The van der Waals surface area contributed by atoms with Gasteiger partial charge in [-0.3, -0.25) is 4.99 Å². The van der Waals surface area contributed by atoms with Crippen LogP contribution in [0.3, 0.4) is 0 Å². The molecule has 1 rings (SSSR count). The Morgan fingerprint density at radius 2 is 1.86 bits per heavy atom. The standard InChI is InChI=1S/C16H27N3O.HI/c1-5-10-18-16(17-4)19-11-14-6-8-15(9-7-14)20-12-13(2)3;/h6-9,13H,5,10-12H2,1-4H3,(H2,17,18,19);1H. The van der Waals surface area contributed by atoms with Gasteiger partial charge in [0, 0.05) is 20.1 Å². The van der Waals surface area contributed by atoms with E-state index in [2.05, 4.69) is 48.5 Å². The lowest BCUT2D eigenvalue weighted by atomic mass is 10.2. The number of rotatable bonds is 7. The van der Waals surface area contributed by atoms with Crippen LogP contribution >= 0.6 is 24.0 Å². The van der Waals surface area contributed by atoms with Gasteiger partial charge in [-0.05, 0) is 30.0 Å². The van der Waals surface area contributed by atoms with Gasteiger partial charge in [0.2, 0.25) is 0 Å². The molecule has 5 heteroatoms. The van der Waals surface area contributed by atoms with Gasteiger partial charge in [-0.15, -0.1) is 24.0 Å². The van der Waals surface area contributed by atoms with Crippen LogP contribution < -0.4 is 15.4 Å². The summed E-state index contributed by atoms with van der Waals surface area (Å²) in [6, 6.07) is 8.19. The maximum atomic E-state index is 5.67. The average Bonchev–Trinajstić information content (AvgIpc) is 2.46. The van der Waals surface area contributed by atoms with E-state index in [9.17, 15) is 0 Å². The van der Waals surface area contributed by atoms with E-state index in [0.29, 0.717) is 5.92 Å². The number of ether oxygens (including phenoxy) is 1. The van der Waals surface area contributed by atoms with E-state index in [4.69, 9.17) is 4.74 Å². The molecule has 2 N–H and O–H groups in total. The maximum Gasteiger partial charge on any atom is 0.191 e. The van der Waals surface area contributed by atoms with Crippen LogP contribution in [0.5, 0.6) is 5.75 Å². The molecular formula is C16H28IN3O.